The van der Waals surface area contributed by atoms with Crippen LogP contribution in [0.5, 0.6) is 0 Å². The van der Waals surface area contributed by atoms with Crippen LogP contribution in [0.2, 0.25) is 0 Å². The highest BCUT2D eigenvalue weighted by Gasteiger charge is 2.24. The second kappa shape index (κ2) is 4.64. The third-order valence-electron chi connectivity index (χ3n) is 3.38. The van der Waals surface area contributed by atoms with Crippen LogP contribution in [-0.4, -0.2) is 32.5 Å². The van der Waals surface area contributed by atoms with E-state index >= 15 is 0 Å². The lowest BCUT2D eigenvalue weighted by Crippen LogP contribution is -2.41. The Morgan fingerprint density at radius 2 is 2.29 bits per heavy atom. The number of hydrogen-bond acceptors (Lipinski definition) is 3. The highest BCUT2D eigenvalue weighted by atomic mass is 79.9. The Kier molecular flexibility index (Phi) is 3.01. The van der Waals surface area contributed by atoms with E-state index in [1.807, 2.05) is 29.2 Å². The highest BCUT2D eigenvalue weighted by molar-refractivity contribution is 9.09. The van der Waals surface area contributed by atoms with Gasteiger partial charge in [-0.2, -0.15) is 5.10 Å². The maximum absolute atomic E-state index is 4.55. The number of nitrogens with zero attached hydrogens (tertiary/aromatic N) is 4. The van der Waals surface area contributed by atoms with Crippen molar-refractivity contribution in [2.45, 2.75) is 25.3 Å². The fraction of sp³-hybridized carbons (Fsp3) is 0.500. The summed E-state index contributed by atoms with van der Waals surface area (Å²) in [5, 5.41) is 5.27. The summed E-state index contributed by atoms with van der Waals surface area (Å²) >= 11 is 3.61. The van der Waals surface area contributed by atoms with Gasteiger partial charge < -0.3 is 4.90 Å². The minimum absolute atomic E-state index is 0.553. The molecule has 2 aromatic heterocycles. The summed E-state index contributed by atoms with van der Waals surface area (Å²) in [6.07, 6.45) is 9.35. The van der Waals surface area contributed by atoms with Crippen LogP contribution >= 0.6 is 15.9 Å². The Morgan fingerprint density at radius 3 is 3.18 bits per heavy atom. The molecule has 1 fully saturated rings. The zero-order chi connectivity index (χ0) is 11.7. The lowest BCUT2D eigenvalue weighted by atomic mass is 10.0. The van der Waals surface area contributed by atoms with Crippen molar-refractivity contribution in [2.75, 3.05) is 16.8 Å². The molecule has 0 radical (unpaired) electrons. The van der Waals surface area contributed by atoms with Gasteiger partial charge in [-0.3, -0.25) is 0 Å². The van der Waals surface area contributed by atoms with Crippen molar-refractivity contribution in [1.82, 2.24) is 14.6 Å². The first-order valence-corrected chi connectivity index (χ1v) is 7.13. The Hall–Kier alpha value is -1.10. The maximum atomic E-state index is 4.55. The van der Waals surface area contributed by atoms with E-state index in [1.54, 1.807) is 0 Å². The van der Waals surface area contributed by atoms with Gasteiger partial charge in [-0.15, -0.1) is 0 Å². The molecule has 5 heteroatoms. The van der Waals surface area contributed by atoms with Crippen LogP contribution in [0.3, 0.4) is 0 Å². The number of anilines is 1. The van der Waals surface area contributed by atoms with Crippen molar-refractivity contribution in [3.05, 3.63) is 24.7 Å². The van der Waals surface area contributed by atoms with E-state index in [-0.39, 0.29) is 0 Å². The van der Waals surface area contributed by atoms with Crippen LogP contribution in [0.1, 0.15) is 19.3 Å². The quantitative estimate of drug-likeness (QED) is 0.798. The molecule has 3 heterocycles. The van der Waals surface area contributed by atoms with Gasteiger partial charge >= 0.3 is 0 Å². The molecule has 0 saturated carbocycles. The summed E-state index contributed by atoms with van der Waals surface area (Å²) in [7, 11) is 0. The minimum atomic E-state index is 0.553. The van der Waals surface area contributed by atoms with Gasteiger partial charge in [-0.25, -0.2) is 9.50 Å². The van der Waals surface area contributed by atoms with Gasteiger partial charge in [0.05, 0.1) is 6.20 Å². The monoisotopic (exact) mass is 294 g/mol. The van der Waals surface area contributed by atoms with E-state index in [1.165, 1.54) is 19.3 Å². The standard InChI is InChI=1S/C12H15BrN4/c13-9-10-3-1-2-7-16(10)12-11-4-5-15-17(11)8-6-14-12/h4-6,8,10H,1-3,7,9H2. The van der Waals surface area contributed by atoms with Crippen LogP contribution < -0.4 is 4.90 Å². The van der Waals surface area contributed by atoms with Gasteiger partial charge in [-0.1, -0.05) is 15.9 Å². The molecule has 1 unspecified atom stereocenters. The van der Waals surface area contributed by atoms with E-state index in [2.05, 4.69) is 30.9 Å². The molecule has 0 aliphatic carbocycles. The summed E-state index contributed by atoms with van der Waals surface area (Å²) in [6.45, 7) is 1.09. The summed E-state index contributed by atoms with van der Waals surface area (Å²) in [6, 6.07) is 2.58. The molecule has 17 heavy (non-hydrogen) atoms. The second-order valence-corrected chi connectivity index (χ2v) is 5.06. The first-order valence-electron chi connectivity index (χ1n) is 6.01. The molecule has 0 amide bonds. The summed E-state index contributed by atoms with van der Waals surface area (Å²) in [5.74, 6) is 1.06. The summed E-state index contributed by atoms with van der Waals surface area (Å²) in [4.78, 5) is 6.96. The largest absolute Gasteiger partial charge is 0.351 e. The number of halogens is 1. The van der Waals surface area contributed by atoms with Crippen LogP contribution in [-0.2, 0) is 0 Å². The predicted molar refractivity (Wildman–Crippen MR) is 71.8 cm³/mol. The Morgan fingerprint density at radius 1 is 1.35 bits per heavy atom. The number of aromatic nitrogens is 3. The Bertz CT molecular complexity index is 510. The van der Waals surface area contributed by atoms with Crippen molar-refractivity contribution in [3.8, 4) is 0 Å². The number of hydrogen-bond donors (Lipinski definition) is 0. The first-order chi connectivity index (χ1) is 8.40. The van der Waals surface area contributed by atoms with Gasteiger partial charge in [0.2, 0.25) is 0 Å². The van der Waals surface area contributed by atoms with Gasteiger partial charge in [-0.05, 0) is 25.3 Å². The topological polar surface area (TPSA) is 33.4 Å². The molecule has 3 rings (SSSR count). The van der Waals surface area contributed by atoms with Crippen LogP contribution in [0.4, 0.5) is 5.82 Å². The molecule has 90 valence electrons. The Balaban J connectivity index is 2.04. The van der Waals surface area contributed by atoms with E-state index in [4.69, 9.17) is 0 Å². The van der Waals surface area contributed by atoms with Crippen LogP contribution in [0.25, 0.3) is 5.52 Å². The fourth-order valence-corrected chi connectivity index (χ4v) is 3.18. The lowest BCUT2D eigenvalue weighted by Gasteiger charge is -2.35. The molecule has 2 aromatic rings. The van der Waals surface area contributed by atoms with E-state index in [9.17, 15) is 0 Å². The SMILES string of the molecule is BrCC1CCCCN1c1nccn2nccc12. The number of fused-ring (bicyclic) bond motifs is 1. The second-order valence-electron chi connectivity index (χ2n) is 4.41. The molecule has 1 atom stereocenters. The van der Waals surface area contributed by atoms with Crippen LogP contribution in [0.15, 0.2) is 24.7 Å². The van der Waals surface area contributed by atoms with E-state index in [0.29, 0.717) is 6.04 Å². The van der Waals surface area contributed by atoms with Gasteiger partial charge in [0.1, 0.15) is 5.52 Å². The van der Waals surface area contributed by atoms with Crippen molar-refractivity contribution in [1.29, 1.82) is 0 Å². The zero-order valence-corrected chi connectivity index (χ0v) is 11.2. The average molecular weight is 295 g/mol. The molecule has 0 aromatic carbocycles. The smallest absolute Gasteiger partial charge is 0.154 e. The Labute approximate surface area is 109 Å². The van der Waals surface area contributed by atoms with Gasteiger partial charge in [0, 0.05) is 30.3 Å². The number of rotatable bonds is 2. The summed E-state index contributed by atoms with van der Waals surface area (Å²) < 4.78 is 1.89. The normalized spacial score (nSPS) is 21.0. The molecule has 1 aliphatic rings. The first kappa shape index (κ1) is 11.0. The number of alkyl halides is 1. The molecule has 4 nitrogen and oxygen atoms in total. The molecular weight excluding hydrogens is 280 g/mol. The van der Waals surface area contributed by atoms with Gasteiger partial charge in [0.25, 0.3) is 0 Å². The molecule has 0 spiro atoms. The summed E-state index contributed by atoms with van der Waals surface area (Å²) in [5.41, 5.74) is 1.10. The van der Waals surface area contributed by atoms with Crippen molar-refractivity contribution in [2.24, 2.45) is 0 Å². The van der Waals surface area contributed by atoms with Crippen LogP contribution in [0, 0.1) is 0 Å². The molecule has 0 N–H and O–H groups in total. The molecule has 0 bridgehead atoms. The van der Waals surface area contributed by atoms with E-state index < -0.39 is 0 Å². The molecule has 1 aliphatic heterocycles. The van der Waals surface area contributed by atoms with Gasteiger partial charge in [0.15, 0.2) is 5.82 Å². The maximum Gasteiger partial charge on any atom is 0.154 e. The molecular formula is C12H15BrN4. The van der Waals surface area contributed by atoms with Crippen molar-refractivity contribution in [3.63, 3.8) is 0 Å². The molecule has 1 saturated heterocycles. The minimum Gasteiger partial charge on any atom is -0.351 e. The third-order valence-corrected chi connectivity index (χ3v) is 4.13. The number of piperidine rings is 1. The fourth-order valence-electron chi connectivity index (χ4n) is 2.50. The highest BCUT2D eigenvalue weighted by Crippen LogP contribution is 2.27. The van der Waals surface area contributed by atoms with Crippen molar-refractivity contribution < 1.29 is 0 Å². The predicted octanol–water partition coefficient (Wildman–Crippen LogP) is 2.48. The zero-order valence-electron chi connectivity index (χ0n) is 9.59. The lowest BCUT2D eigenvalue weighted by molar-refractivity contribution is 0.488. The van der Waals surface area contributed by atoms with E-state index in [0.717, 1.165) is 23.2 Å². The van der Waals surface area contributed by atoms with Crippen molar-refractivity contribution >= 4 is 27.3 Å². The third kappa shape index (κ3) is 1.92. The average Bonchev–Trinajstić information content (AvgIpc) is 2.86.